The predicted octanol–water partition coefficient (Wildman–Crippen LogP) is 4.81. The van der Waals surface area contributed by atoms with Gasteiger partial charge in [0.15, 0.2) is 0 Å². The number of rotatable bonds is 2. The van der Waals surface area contributed by atoms with Crippen molar-refractivity contribution < 1.29 is 4.39 Å². The lowest BCUT2D eigenvalue weighted by molar-refractivity contribution is 0.628. The van der Waals surface area contributed by atoms with Crippen LogP contribution in [0.5, 0.6) is 0 Å². The van der Waals surface area contributed by atoms with Gasteiger partial charge in [-0.3, -0.25) is 9.38 Å². The van der Waals surface area contributed by atoms with Gasteiger partial charge in [0.2, 0.25) is 0 Å². The van der Waals surface area contributed by atoms with Crippen LogP contribution in [0.4, 0.5) is 4.39 Å². The summed E-state index contributed by atoms with van der Waals surface area (Å²) in [6.07, 6.45) is 5.57. The predicted molar refractivity (Wildman–Crippen MR) is 96.5 cm³/mol. The first-order valence-electron chi connectivity index (χ1n) is 7.06. The smallest absolute Gasteiger partial charge is 0.138 e. The van der Waals surface area contributed by atoms with Crippen molar-refractivity contribution in [2.45, 2.75) is 0 Å². The van der Waals surface area contributed by atoms with E-state index in [4.69, 9.17) is 4.98 Å². The van der Waals surface area contributed by atoms with Gasteiger partial charge in [-0.2, -0.15) is 0 Å². The SMILES string of the molecule is Fc1ccc(-c2nc3ccc(I)cn3c2-c2ccncc2)cc1. The van der Waals surface area contributed by atoms with Gasteiger partial charge < -0.3 is 0 Å². The number of hydrogen-bond donors (Lipinski definition) is 0. The Hall–Kier alpha value is -2.28. The number of aromatic nitrogens is 3. The number of benzene rings is 1. The third-order valence-electron chi connectivity index (χ3n) is 3.65. The highest BCUT2D eigenvalue weighted by Gasteiger charge is 2.16. The zero-order valence-corrected chi connectivity index (χ0v) is 14.1. The molecule has 0 amide bonds. The van der Waals surface area contributed by atoms with Gasteiger partial charge >= 0.3 is 0 Å². The molecule has 112 valence electrons. The van der Waals surface area contributed by atoms with Gasteiger partial charge in [-0.15, -0.1) is 0 Å². The summed E-state index contributed by atoms with van der Waals surface area (Å²) in [6, 6.07) is 14.3. The Morgan fingerprint density at radius 3 is 2.35 bits per heavy atom. The summed E-state index contributed by atoms with van der Waals surface area (Å²) < 4.78 is 16.4. The normalized spacial score (nSPS) is 11.0. The lowest BCUT2D eigenvalue weighted by Crippen LogP contribution is -1.91. The Morgan fingerprint density at radius 1 is 0.870 bits per heavy atom. The Labute approximate surface area is 146 Å². The molecule has 0 fully saturated rings. The van der Waals surface area contributed by atoms with Gasteiger partial charge in [0, 0.05) is 33.3 Å². The van der Waals surface area contributed by atoms with Crippen molar-refractivity contribution in [3.05, 3.63) is 76.5 Å². The van der Waals surface area contributed by atoms with E-state index in [2.05, 4.69) is 32.0 Å². The van der Waals surface area contributed by atoms with Crippen molar-refractivity contribution in [1.29, 1.82) is 0 Å². The first-order chi connectivity index (χ1) is 11.2. The van der Waals surface area contributed by atoms with Crippen LogP contribution in [-0.4, -0.2) is 14.4 Å². The van der Waals surface area contributed by atoms with Gasteiger partial charge in [-0.05, 0) is 71.1 Å². The van der Waals surface area contributed by atoms with Crippen LogP contribution in [0.1, 0.15) is 0 Å². The third kappa shape index (κ3) is 2.61. The quantitative estimate of drug-likeness (QED) is 0.440. The molecule has 23 heavy (non-hydrogen) atoms. The van der Waals surface area contributed by atoms with Crippen LogP contribution >= 0.6 is 22.6 Å². The van der Waals surface area contributed by atoms with Crippen LogP contribution in [0, 0.1) is 9.39 Å². The fourth-order valence-corrected chi connectivity index (χ4v) is 3.07. The third-order valence-corrected chi connectivity index (χ3v) is 4.29. The Kier molecular flexibility index (Phi) is 3.57. The molecule has 0 radical (unpaired) electrons. The maximum Gasteiger partial charge on any atom is 0.138 e. The molecule has 3 nitrogen and oxygen atoms in total. The standard InChI is InChI=1S/C18H11FIN3/c19-14-3-1-12(2-4-14)17-18(13-7-9-21-10-8-13)23-11-15(20)5-6-16(23)22-17/h1-11H. The Morgan fingerprint density at radius 2 is 1.61 bits per heavy atom. The first-order valence-corrected chi connectivity index (χ1v) is 8.14. The summed E-state index contributed by atoms with van der Waals surface area (Å²) in [4.78, 5) is 8.83. The summed E-state index contributed by atoms with van der Waals surface area (Å²) in [5.41, 5.74) is 4.58. The number of halogens is 2. The molecule has 0 saturated heterocycles. The summed E-state index contributed by atoms with van der Waals surface area (Å²) in [5.74, 6) is -0.252. The molecule has 3 aromatic heterocycles. The molecule has 0 saturated carbocycles. The van der Waals surface area contributed by atoms with E-state index in [1.54, 1.807) is 24.5 Å². The molecule has 1 aromatic carbocycles. The first kappa shape index (κ1) is 14.3. The van der Waals surface area contributed by atoms with E-state index in [-0.39, 0.29) is 5.82 Å². The number of hydrogen-bond acceptors (Lipinski definition) is 2. The molecular formula is C18H11FIN3. The molecule has 0 aliphatic rings. The van der Waals surface area contributed by atoms with Gasteiger partial charge in [0.25, 0.3) is 0 Å². The molecule has 4 aromatic rings. The highest BCUT2D eigenvalue weighted by molar-refractivity contribution is 14.1. The lowest BCUT2D eigenvalue weighted by Gasteiger charge is -2.06. The summed E-state index contributed by atoms with van der Waals surface area (Å²) >= 11 is 2.28. The molecule has 5 heteroatoms. The van der Waals surface area contributed by atoms with Gasteiger partial charge in [-0.1, -0.05) is 0 Å². The number of fused-ring (bicyclic) bond motifs is 1. The maximum absolute atomic E-state index is 13.2. The van der Waals surface area contributed by atoms with Crippen molar-refractivity contribution in [1.82, 2.24) is 14.4 Å². The Bertz CT molecular complexity index is 979. The maximum atomic E-state index is 13.2. The molecule has 3 heterocycles. The van der Waals surface area contributed by atoms with Crippen LogP contribution in [0.3, 0.4) is 0 Å². The van der Waals surface area contributed by atoms with E-state index >= 15 is 0 Å². The van der Waals surface area contributed by atoms with E-state index in [1.165, 1.54) is 12.1 Å². The molecule has 0 aliphatic heterocycles. The van der Waals surface area contributed by atoms with Crippen LogP contribution in [-0.2, 0) is 0 Å². The largest absolute Gasteiger partial charge is 0.298 e. The molecule has 0 N–H and O–H groups in total. The van der Waals surface area contributed by atoms with Crippen LogP contribution in [0.25, 0.3) is 28.2 Å². The van der Waals surface area contributed by atoms with Crippen LogP contribution in [0.15, 0.2) is 67.1 Å². The van der Waals surface area contributed by atoms with E-state index in [9.17, 15) is 4.39 Å². The lowest BCUT2D eigenvalue weighted by atomic mass is 10.1. The van der Waals surface area contributed by atoms with Crippen molar-refractivity contribution in [3.63, 3.8) is 0 Å². The second-order valence-corrected chi connectivity index (χ2v) is 6.37. The number of pyridine rings is 2. The van der Waals surface area contributed by atoms with Gasteiger partial charge in [0.1, 0.15) is 11.5 Å². The zero-order chi connectivity index (χ0) is 15.8. The molecule has 0 bridgehead atoms. The van der Waals surface area contributed by atoms with Crippen molar-refractivity contribution in [3.8, 4) is 22.5 Å². The number of imidazole rings is 1. The van der Waals surface area contributed by atoms with Crippen LogP contribution < -0.4 is 0 Å². The summed E-state index contributed by atoms with van der Waals surface area (Å²) in [7, 11) is 0. The van der Waals surface area contributed by atoms with Crippen molar-refractivity contribution >= 4 is 28.2 Å². The average molecular weight is 415 g/mol. The van der Waals surface area contributed by atoms with E-state index in [0.717, 1.165) is 31.7 Å². The molecule has 4 rings (SSSR count). The molecule has 0 spiro atoms. The van der Waals surface area contributed by atoms with E-state index in [1.807, 2.05) is 30.5 Å². The summed E-state index contributed by atoms with van der Waals surface area (Å²) in [6.45, 7) is 0. The molecule has 0 unspecified atom stereocenters. The second kappa shape index (κ2) is 5.73. The fraction of sp³-hybridized carbons (Fsp3) is 0. The molecular weight excluding hydrogens is 404 g/mol. The summed E-state index contributed by atoms with van der Waals surface area (Å²) in [5, 5.41) is 0. The second-order valence-electron chi connectivity index (χ2n) is 5.13. The van der Waals surface area contributed by atoms with Gasteiger partial charge in [-0.25, -0.2) is 9.37 Å². The molecule has 0 aliphatic carbocycles. The highest BCUT2D eigenvalue weighted by Crippen LogP contribution is 2.32. The zero-order valence-electron chi connectivity index (χ0n) is 11.9. The Balaban J connectivity index is 2.05. The van der Waals surface area contributed by atoms with Crippen molar-refractivity contribution in [2.24, 2.45) is 0 Å². The minimum Gasteiger partial charge on any atom is -0.298 e. The average Bonchev–Trinajstić information content (AvgIpc) is 2.95. The fourth-order valence-electron chi connectivity index (χ4n) is 2.61. The minimum atomic E-state index is -0.252. The molecule has 0 atom stereocenters. The van der Waals surface area contributed by atoms with Gasteiger partial charge in [0.05, 0.1) is 11.4 Å². The monoisotopic (exact) mass is 415 g/mol. The highest BCUT2D eigenvalue weighted by atomic mass is 127. The van der Waals surface area contributed by atoms with E-state index in [0.29, 0.717) is 0 Å². The topological polar surface area (TPSA) is 30.2 Å². The van der Waals surface area contributed by atoms with E-state index < -0.39 is 0 Å². The minimum absolute atomic E-state index is 0.252. The van der Waals surface area contributed by atoms with Crippen LogP contribution in [0.2, 0.25) is 0 Å². The van der Waals surface area contributed by atoms with Crippen molar-refractivity contribution in [2.75, 3.05) is 0 Å². The number of nitrogens with zero attached hydrogens (tertiary/aromatic N) is 3.